The fraction of sp³-hybridized carbons (Fsp3) is 0.370. The van der Waals surface area contributed by atoms with Crippen molar-refractivity contribution >= 4 is 24.0 Å². The third kappa shape index (κ3) is 5.11. The van der Waals surface area contributed by atoms with E-state index in [1.807, 2.05) is 6.07 Å². The normalized spacial score (nSPS) is 19.6. The maximum atomic E-state index is 5.27. The molecule has 0 N–H and O–H groups in total. The Hall–Kier alpha value is -2.07. The van der Waals surface area contributed by atoms with Gasteiger partial charge >= 0.3 is 182 Å². The Morgan fingerprint density at radius 3 is 2.45 bits per heavy atom. The van der Waals surface area contributed by atoms with Crippen LogP contribution in [0.15, 0.2) is 65.2 Å². The molecule has 1 aliphatic carbocycles. The first-order chi connectivity index (χ1) is 14.3. The Bertz CT molecular complexity index is 953. The van der Waals surface area contributed by atoms with Crippen LogP contribution in [0.25, 0.3) is 4.47 Å². The van der Waals surface area contributed by atoms with Crippen LogP contribution in [0.5, 0.6) is 0 Å². The Labute approximate surface area is 181 Å². The summed E-state index contributed by atoms with van der Waals surface area (Å²) in [6, 6.07) is 19.8. The van der Waals surface area contributed by atoms with Crippen LogP contribution in [0.4, 0.5) is 0 Å². The van der Waals surface area contributed by atoms with Crippen molar-refractivity contribution in [1.82, 2.24) is 0 Å². The SMILES string of the molecule is CCCC/C(C#Cc1ccccc1)=C1/[Se]C(=NC2CCCCC2)c2ccccc21. The van der Waals surface area contributed by atoms with Gasteiger partial charge in [0.15, 0.2) is 0 Å². The van der Waals surface area contributed by atoms with Crippen molar-refractivity contribution < 1.29 is 0 Å². The molecule has 2 aromatic carbocycles. The summed E-state index contributed by atoms with van der Waals surface area (Å²) in [6.07, 6.45) is 10.0. The van der Waals surface area contributed by atoms with Gasteiger partial charge in [0, 0.05) is 0 Å². The Kier molecular flexibility index (Phi) is 7.04. The molecule has 1 saturated carbocycles. The molecule has 2 heteroatoms. The topological polar surface area (TPSA) is 12.4 Å². The predicted molar refractivity (Wildman–Crippen MR) is 125 cm³/mol. The van der Waals surface area contributed by atoms with Crippen molar-refractivity contribution in [3.8, 4) is 11.8 Å². The average Bonchev–Trinajstić information content (AvgIpc) is 3.14. The molecular formula is C27H29NSe. The quantitative estimate of drug-likeness (QED) is 0.379. The second-order valence-corrected chi connectivity index (χ2v) is 10.00. The zero-order valence-electron chi connectivity index (χ0n) is 17.3. The van der Waals surface area contributed by atoms with Crippen LogP contribution in [0.2, 0.25) is 0 Å². The molecule has 0 bridgehead atoms. The first kappa shape index (κ1) is 20.2. The van der Waals surface area contributed by atoms with Crippen LogP contribution in [-0.4, -0.2) is 25.6 Å². The second kappa shape index (κ2) is 10.1. The van der Waals surface area contributed by atoms with Crippen molar-refractivity contribution in [3.63, 3.8) is 0 Å². The zero-order valence-corrected chi connectivity index (χ0v) is 19.0. The van der Waals surface area contributed by atoms with E-state index < -0.39 is 0 Å². The summed E-state index contributed by atoms with van der Waals surface area (Å²) in [7, 11) is 0. The summed E-state index contributed by atoms with van der Waals surface area (Å²) in [5.41, 5.74) is 5.17. The van der Waals surface area contributed by atoms with E-state index in [1.54, 1.807) is 0 Å². The van der Waals surface area contributed by atoms with E-state index >= 15 is 0 Å². The van der Waals surface area contributed by atoms with Gasteiger partial charge in [-0.2, -0.15) is 0 Å². The van der Waals surface area contributed by atoms with E-state index in [0.29, 0.717) is 6.04 Å². The maximum absolute atomic E-state index is 5.27. The molecule has 0 radical (unpaired) electrons. The number of hydrogen-bond donors (Lipinski definition) is 0. The Morgan fingerprint density at radius 2 is 1.69 bits per heavy atom. The Balaban J connectivity index is 1.72. The van der Waals surface area contributed by atoms with Gasteiger partial charge in [-0.05, 0) is 0 Å². The van der Waals surface area contributed by atoms with Crippen molar-refractivity contribution in [1.29, 1.82) is 0 Å². The van der Waals surface area contributed by atoms with Crippen LogP contribution in [0.1, 0.15) is 75.0 Å². The number of hydrogen-bond acceptors (Lipinski definition) is 1. The van der Waals surface area contributed by atoms with Crippen LogP contribution in [-0.2, 0) is 0 Å². The molecule has 148 valence electrons. The van der Waals surface area contributed by atoms with Crippen molar-refractivity contribution in [2.75, 3.05) is 0 Å². The van der Waals surface area contributed by atoms with Gasteiger partial charge in [0.2, 0.25) is 0 Å². The van der Waals surface area contributed by atoms with Gasteiger partial charge in [-0.3, -0.25) is 0 Å². The van der Waals surface area contributed by atoms with Gasteiger partial charge in [0.25, 0.3) is 0 Å². The van der Waals surface area contributed by atoms with E-state index in [1.165, 1.54) is 70.7 Å². The minimum atomic E-state index is 0.260. The summed E-state index contributed by atoms with van der Waals surface area (Å²) in [5, 5.41) is 0. The number of nitrogens with zero attached hydrogens (tertiary/aromatic N) is 1. The van der Waals surface area contributed by atoms with Gasteiger partial charge in [0.1, 0.15) is 0 Å². The molecule has 0 amide bonds. The van der Waals surface area contributed by atoms with Crippen molar-refractivity contribution in [2.24, 2.45) is 4.99 Å². The van der Waals surface area contributed by atoms with E-state index in [2.05, 4.69) is 67.3 Å². The summed E-state index contributed by atoms with van der Waals surface area (Å²) >= 11 is 0.260. The van der Waals surface area contributed by atoms with E-state index in [0.717, 1.165) is 12.0 Å². The predicted octanol–water partition coefficient (Wildman–Crippen LogP) is 6.44. The van der Waals surface area contributed by atoms with Crippen LogP contribution in [0, 0.1) is 11.8 Å². The van der Waals surface area contributed by atoms with E-state index in [4.69, 9.17) is 4.99 Å². The standard InChI is InChI=1S/C27H29NSe/c1-2-3-14-22(20-19-21-12-6-4-7-13-21)26-24-17-10-11-18-25(24)27(29-26)28-23-15-8-5-9-16-23/h4,6-7,10-13,17-18,23H,2-3,5,8-9,14-16H2,1H3/b26-22-,28-27?. The number of fused-ring (bicyclic) bond motifs is 1. The molecule has 1 heterocycles. The van der Waals surface area contributed by atoms with Gasteiger partial charge < -0.3 is 0 Å². The zero-order chi connectivity index (χ0) is 19.9. The third-order valence-electron chi connectivity index (χ3n) is 5.66. The van der Waals surface area contributed by atoms with Crippen LogP contribution < -0.4 is 0 Å². The van der Waals surface area contributed by atoms with Crippen molar-refractivity contribution in [3.05, 3.63) is 76.9 Å². The van der Waals surface area contributed by atoms with Crippen LogP contribution >= 0.6 is 0 Å². The second-order valence-electron chi connectivity index (χ2n) is 7.90. The number of unbranched alkanes of at least 4 members (excludes halogenated alkanes) is 1. The number of aliphatic imine (C=N–C) groups is 1. The van der Waals surface area contributed by atoms with Gasteiger partial charge in [0.05, 0.1) is 0 Å². The molecule has 29 heavy (non-hydrogen) atoms. The molecule has 0 unspecified atom stereocenters. The Morgan fingerprint density at radius 1 is 0.966 bits per heavy atom. The first-order valence-corrected chi connectivity index (χ1v) is 12.7. The molecule has 1 aliphatic heterocycles. The van der Waals surface area contributed by atoms with Crippen molar-refractivity contribution in [2.45, 2.75) is 64.3 Å². The number of rotatable bonds is 4. The summed E-state index contributed by atoms with van der Waals surface area (Å²) in [6.45, 7) is 2.26. The molecule has 1 nitrogen and oxygen atoms in total. The van der Waals surface area contributed by atoms with Gasteiger partial charge in [-0.25, -0.2) is 0 Å². The van der Waals surface area contributed by atoms with Crippen LogP contribution in [0.3, 0.4) is 0 Å². The van der Waals surface area contributed by atoms with Gasteiger partial charge in [-0.1, -0.05) is 0 Å². The molecule has 2 aliphatic rings. The molecule has 0 aromatic heterocycles. The minimum absolute atomic E-state index is 0.260. The molecular weight excluding hydrogens is 417 g/mol. The fourth-order valence-electron chi connectivity index (χ4n) is 4.03. The average molecular weight is 446 g/mol. The molecule has 2 aromatic rings. The monoisotopic (exact) mass is 447 g/mol. The van der Waals surface area contributed by atoms with E-state index in [-0.39, 0.29) is 15.0 Å². The molecule has 0 atom stereocenters. The molecule has 0 saturated heterocycles. The number of allylic oxidation sites excluding steroid dienone is 1. The third-order valence-corrected chi connectivity index (χ3v) is 8.16. The first-order valence-electron chi connectivity index (χ1n) is 11.0. The fourth-order valence-corrected chi connectivity index (χ4v) is 6.64. The van der Waals surface area contributed by atoms with Gasteiger partial charge in [-0.15, -0.1) is 0 Å². The molecule has 0 spiro atoms. The van der Waals surface area contributed by atoms with E-state index in [9.17, 15) is 0 Å². The molecule has 4 rings (SSSR count). The molecule has 1 fully saturated rings. The number of benzene rings is 2. The summed E-state index contributed by atoms with van der Waals surface area (Å²) in [5.74, 6) is 6.99. The summed E-state index contributed by atoms with van der Waals surface area (Å²) < 4.78 is 2.82. The summed E-state index contributed by atoms with van der Waals surface area (Å²) in [4.78, 5) is 5.27.